The van der Waals surface area contributed by atoms with Crippen LogP contribution in [0.4, 0.5) is 0 Å². The summed E-state index contributed by atoms with van der Waals surface area (Å²) in [6.45, 7) is 0. The molecule has 0 aliphatic rings. The molecule has 0 heterocycles. The summed E-state index contributed by atoms with van der Waals surface area (Å²) in [5, 5.41) is 0. The van der Waals surface area contributed by atoms with Gasteiger partial charge in [0.2, 0.25) is 0 Å². The first-order valence-corrected chi connectivity index (χ1v) is 4.38. The first kappa shape index (κ1) is 23.5. The van der Waals surface area contributed by atoms with Crippen molar-refractivity contribution in [2.45, 2.75) is 0 Å². The molecule has 12 heteroatoms. The van der Waals surface area contributed by atoms with E-state index in [1.54, 1.807) is 0 Å². The zero-order chi connectivity index (χ0) is 9.00. The Hall–Kier alpha value is 1.65. The minimum Gasteiger partial charge on any atom is -0.822 e. The summed E-state index contributed by atoms with van der Waals surface area (Å²) in [6, 6.07) is 0. The van der Waals surface area contributed by atoms with E-state index >= 15 is 0 Å². The van der Waals surface area contributed by atoms with Gasteiger partial charge in [0.25, 0.3) is 0 Å². The van der Waals surface area contributed by atoms with Crippen LogP contribution < -0.4 is 29.4 Å². The van der Waals surface area contributed by atoms with Gasteiger partial charge in [-0.15, -0.1) is 0 Å². The Morgan fingerprint density at radius 1 is 0.583 bits per heavy atom. The standard InChI is InChI=1S/2H3O4P.2Ti/c2*1-5(2,3)4;;/h2*(H3,1,2,3,4);;/q;;2*+4/p-6. The summed E-state index contributed by atoms with van der Waals surface area (Å²) in [5.41, 5.74) is 0. The van der Waals surface area contributed by atoms with Crippen molar-refractivity contribution < 1.29 is 81.9 Å². The van der Waals surface area contributed by atoms with Crippen molar-refractivity contribution in [3.63, 3.8) is 0 Å². The quantitative estimate of drug-likeness (QED) is 0.313. The fourth-order valence-corrected chi connectivity index (χ4v) is 0. The molecule has 0 atom stereocenters. The molecule has 0 radical (unpaired) electrons. The van der Waals surface area contributed by atoms with Gasteiger partial charge in [0.15, 0.2) is 0 Å². The molecule has 64 valence electrons. The van der Waals surface area contributed by atoms with E-state index in [0.29, 0.717) is 0 Å². The van der Waals surface area contributed by atoms with E-state index in [0.717, 1.165) is 0 Å². The Kier molecular flexibility index (Phi) is 18.0. The summed E-state index contributed by atoms with van der Waals surface area (Å²) in [5.74, 6) is 0. The molecule has 0 aliphatic carbocycles. The van der Waals surface area contributed by atoms with Crippen LogP contribution in [0.5, 0.6) is 0 Å². The minimum absolute atomic E-state index is 0. The zero-order valence-corrected chi connectivity index (χ0v) is 10.1. The van der Waals surface area contributed by atoms with Crippen LogP contribution in [-0.4, -0.2) is 0 Å². The number of hydrogen-bond donors (Lipinski definition) is 0. The normalized spacial score (nSPS) is 9.83. The fourth-order valence-electron chi connectivity index (χ4n) is 0. The molecule has 0 rings (SSSR count). The van der Waals surface area contributed by atoms with Gasteiger partial charge in [-0.2, -0.15) is 15.6 Å². The van der Waals surface area contributed by atoms with Crippen LogP contribution in [0.2, 0.25) is 0 Å². The molecule has 0 saturated carbocycles. The Labute approximate surface area is 97.3 Å². The number of phosphoric acid groups is 2. The largest absolute Gasteiger partial charge is 4.00 e. The maximum atomic E-state index is 8.55. The molecule has 0 aliphatic heterocycles. The molecule has 0 amide bonds. The van der Waals surface area contributed by atoms with E-state index in [1.165, 1.54) is 0 Å². The molecule has 0 N–H and O–H groups in total. The molecule has 0 fully saturated rings. The maximum absolute atomic E-state index is 8.55. The van der Waals surface area contributed by atoms with Crippen LogP contribution in [0.3, 0.4) is 0 Å². The van der Waals surface area contributed by atoms with Gasteiger partial charge in [0.05, 0.1) is 0 Å². The molecular weight excluding hydrogens is 286 g/mol. The van der Waals surface area contributed by atoms with Gasteiger partial charge in [-0.05, 0) is 0 Å². The molecule has 0 unspecified atom stereocenters. The van der Waals surface area contributed by atoms with Crippen LogP contribution in [0.15, 0.2) is 0 Å². The second-order valence-corrected chi connectivity index (χ2v) is 2.68. The molecule has 8 nitrogen and oxygen atoms in total. The first-order valence-electron chi connectivity index (χ1n) is 1.46. The predicted octanol–water partition coefficient (Wildman–Crippen LogP) is -5.65. The van der Waals surface area contributed by atoms with Crippen LogP contribution in [-0.2, 0) is 52.6 Å². The average Bonchev–Trinajstić information content (AvgIpc) is 1.12. The third kappa shape index (κ3) is 486. The molecule has 0 saturated heterocycles. The van der Waals surface area contributed by atoms with Gasteiger partial charge >= 0.3 is 43.4 Å². The Morgan fingerprint density at radius 2 is 0.583 bits per heavy atom. The van der Waals surface area contributed by atoms with Crippen LogP contribution >= 0.6 is 15.6 Å². The minimum atomic E-state index is -5.39. The average molecular weight is 286 g/mol. The molecule has 0 bridgehead atoms. The summed E-state index contributed by atoms with van der Waals surface area (Å²) in [4.78, 5) is 51.3. The van der Waals surface area contributed by atoms with Crippen molar-refractivity contribution in [3.05, 3.63) is 0 Å². The smallest absolute Gasteiger partial charge is 0.822 e. The van der Waals surface area contributed by atoms with Gasteiger partial charge in [-0.25, -0.2) is 0 Å². The third-order valence-corrected chi connectivity index (χ3v) is 0. The van der Waals surface area contributed by atoms with E-state index in [9.17, 15) is 0 Å². The topological polar surface area (TPSA) is 172 Å². The molecule has 0 spiro atoms. The maximum Gasteiger partial charge on any atom is 4.00 e. The van der Waals surface area contributed by atoms with Gasteiger partial charge in [-0.1, -0.05) is 0 Å². The first-order chi connectivity index (χ1) is 4.00. The second-order valence-electron chi connectivity index (χ2n) is 0.894. The third-order valence-electron chi connectivity index (χ3n) is 0. The van der Waals surface area contributed by atoms with Crippen molar-refractivity contribution in [3.8, 4) is 0 Å². The monoisotopic (exact) mass is 286 g/mol. The van der Waals surface area contributed by atoms with Crippen LogP contribution in [0.1, 0.15) is 0 Å². The zero-order valence-electron chi connectivity index (χ0n) is 5.16. The van der Waals surface area contributed by atoms with E-state index in [4.69, 9.17) is 38.5 Å². The molecule has 12 heavy (non-hydrogen) atoms. The molecule has 0 aromatic carbocycles. The number of hydrogen-bond acceptors (Lipinski definition) is 8. The van der Waals surface area contributed by atoms with Gasteiger partial charge < -0.3 is 38.5 Å². The SMILES string of the molecule is O=P([O-])([O-])[O-].O=P([O-])([O-])[O-].[Ti+4].[Ti+4]. The summed E-state index contributed by atoms with van der Waals surface area (Å²) < 4.78 is 17.1. The van der Waals surface area contributed by atoms with Crippen molar-refractivity contribution in [2.75, 3.05) is 0 Å². The Balaban J connectivity index is -0.0000000457. The number of rotatable bonds is 0. The van der Waals surface area contributed by atoms with Crippen molar-refractivity contribution in [1.29, 1.82) is 0 Å². The second kappa shape index (κ2) is 9.21. The molecule has 0 aromatic heterocycles. The van der Waals surface area contributed by atoms with Crippen molar-refractivity contribution in [1.82, 2.24) is 0 Å². The summed E-state index contributed by atoms with van der Waals surface area (Å²) in [7, 11) is -10.8. The van der Waals surface area contributed by atoms with Crippen LogP contribution in [0, 0.1) is 0 Å². The van der Waals surface area contributed by atoms with Gasteiger partial charge in [0.1, 0.15) is 0 Å². The van der Waals surface area contributed by atoms with Crippen LogP contribution in [0.25, 0.3) is 0 Å². The van der Waals surface area contributed by atoms with E-state index in [-0.39, 0.29) is 43.4 Å². The summed E-state index contributed by atoms with van der Waals surface area (Å²) in [6.07, 6.45) is 0. The van der Waals surface area contributed by atoms with E-state index < -0.39 is 15.6 Å². The van der Waals surface area contributed by atoms with E-state index in [2.05, 4.69) is 0 Å². The predicted molar refractivity (Wildman–Crippen MR) is 15.2 cm³/mol. The fraction of sp³-hybridized carbons (Fsp3) is 0. The van der Waals surface area contributed by atoms with Gasteiger partial charge in [-0.3, -0.25) is 0 Å². The Morgan fingerprint density at radius 3 is 0.583 bits per heavy atom. The van der Waals surface area contributed by atoms with Crippen molar-refractivity contribution in [2.24, 2.45) is 0 Å². The molecule has 0 aromatic rings. The summed E-state index contributed by atoms with van der Waals surface area (Å²) >= 11 is 0. The Bertz CT molecular complexity index is 127. The van der Waals surface area contributed by atoms with E-state index in [1.807, 2.05) is 0 Å². The van der Waals surface area contributed by atoms with Gasteiger partial charge in [0, 0.05) is 0 Å². The van der Waals surface area contributed by atoms with Crippen molar-refractivity contribution >= 4 is 15.6 Å². The molecular formula is O8P2Ti2+2.